The largest absolute Gasteiger partial charge is 0.357 e. The highest BCUT2D eigenvalue weighted by Gasteiger charge is 2.05. The van der Waals surface area contributed by atoms with Gasteiger partial charge in [0.15, 0.2) is 5.96 Å². The van der Waals surface area contributed by atoms with Gasteiger partial charge in [-0.1, -0.05) is 30.3 Å². The minimum Gasteiger partial charge on any atom is -0.357 e. The molecule has 3 N–H and O–H groups in total. The minimum atomic E-state index is -0.390. The normalized spacial score (nSPS) is 10.7. The zero-order valence-electron chi connectivity index (χ0n) is 14.9. The Labute approximate surface area is 170 Å². The van der Waals surface area contributed by atoms with Crippen LogP contribution in [0.4, 0.5) is 10.1 Å². The summed E-state index contributed by atoms with van der Waals surface area (Å²) in [6, 6.07) is 13.8. The number of carbonyl (C=O) groups excluding carboxylic acids is 1. The van der Waals surface area contributed by atoms with E-state index in [0.29, 0.717) is 24.7 Å². The average Bonchev–Trinajstić information content (AvgIpc) is 2.58. The van der Waals surface area contributed by atoms with Crippen molar-refractivity contribution in [1.29, 1.82) is 0 Å². The zero-order valence-corrected chi connectivity index (χ0v) is 17.2. The molecule has 5 nitrogen and oxygen atoms in total. The quantitative estimate of drug-likeness (QED) is 0.344. The van der Waals surface area contributed by atoms with Crippen molar-refractivity contribution < 1.29 is 9.18 Å². The minimum absolute atomic E-state index is 0. The fraction of sp³-hybridized carbons (Fsp3) is 0.263. The second-order valence-corrected chi connectivity index (χ2v) is 5.53. The van der Waals surface area contributed by atoms with Gasteiger partial charge in [-0.25, -0.2) is 9.38 Å². The number of carbonyl (C=O) groups is 1. The first kappa shape index (κ1) is 21.9. The Morgan fingerprint density at radius 3 is 2.58 bits per heavy atom. The van der Waals surface area contributed by atoms with Crippen molar-refractivity contribution in [1.82, 2.24) is 10.6 Å². The fourth-order valence-electron chi connectivity index (χ4n) is 2.23. The number of nitrogens with one attached hydrogen (secondary N) is 3. The average molecular weight is 470 g/mol. The molecule has 0 aliphatic rings. The predicted molar refractivity (Wildman–Crippen MR) is 114 cm³/mol. The monoisotopic (exact) mass is 470 g/mol. The number of anilines is 1. The van der Waals surface area contributed by atoms with Crippen LogP contribution in [0.2, 0.25) is 0 Å². The van der Waals surface area contributed by atoms with Gasteiger partial charge in [0.25, 0.3) is 0 Å². The van der Waals surface area contributed by atoms with Gasteiger partial charge in [-0.15, -0.1) is 24.0 Å². The van der Waals surface area contributed by atoms with Gasteiger partial charge in [-0.05, 0) is 43.2 Å². The van der Waals surface area contributed by atoms with Gasteiger partial charge < -0.3 is 16.0 Å². The maximum atomic E-state index is 13.1. The van der Waals surface area contributed by atoms with Crippen molar-refractivity contribution >= 4 is 41.5 Å². The third kappa shape index (κ3) is 7.38. The highest BCUT2D eigenvalue weighted by molar-refractivity contribution is 14.0. The number of halogens is 2. The van der Waals surface area contributed by atoms with Crippen molar-refractivity contribution in [3.05, 3.63) is 65.5 Å². The van der Waals surface area contributed by atoms with E-state index in [4.69, 9.17) is 0 Å². The molecule has 0 radical (unpaired) electrons. The Hall–Kier alpha value is -2.16. The molecule has 2 rings (SSSR count). The lowest BCUT2D eigenvalue weighted by Gasteiger charge is -2.12. The number of nitrogens with zero attached hydrogens (tertiary/aromatic N) is 1. The van der Waals surface area contributed by atoms with Crippen LogP contribution in [-0.4, -0.2) is 25.0 Å². The van der Waals surface area contributed by atoms with Gasteiger partial charge >= 0.3 is 0 Å². The third-order valence-corrected chi connectivity index (χ3v) is 3.54. The summed E-state index contributed by atoms with van der Waals surface area (Å²) in [4.78, 5) is 16.5. The van der Waals surface area contributed by atoms with Crippen LogP contribution in [0.1, 0.15) is 18.1 Å². The Kier molecular flexibility index (Phi) is 9.64. The van der Waals surface area contributed by atoms with Gasteiger partial charge in [0.2, 0.25) is 5.91 Å². The first-order chi connectivity index (χ1) is 12.1. The molecular weight excluding hydrogens is 446 g/mol. The summed E-state index contributed by atoms with van der Waals surface area (Å²) >= 11 is 0. The topological polar surface area (TPSA) is 65.5 Å². The van der Waals surface area contributed by atoms with Crippen LogP contribution >= 0.6 is 24.0 Å². The number of guanidine groups is 1. The van der Waals surface area contributed by atoms with E-state index < -0.39 is 0 Å². The molecule has 0 atom stereocenters. The number of aryl methyl sites for hydroxylation is 1. The molecule has 0 saturated heterocycles. The molecular formula is C19H24FIN4O. The van der Waals surface area contributed by atoms with Crippen molar-refractivity contribution in [3.63, 3.8) is 0 Å². The highest BCUT2D eigenvalue weighted by Crippen LogP contribution is 2.09. The Balaban J connectivity index is 0.00000338. The predicted octanol–water partition coefficient (Wildman–Crippen LogP) is 3.45. The van der Waals surface area contributed by atoms with Crippen LogP contribution in [-0.2, 0) is 11.3 Å². The van der Waals surface area contributed by atoms with Gasteiger partial charge in [-0.2, -0.15) is 0 Å². The molecule has 1 amide bonds. The summed E-state index contributed by atoms with van der Waals surface area (Å²) in [5.74, 6) is -0.105. The molecule has 0 unspecified atom stereocenters. The summed E-state index contributed by atoms with van der Waals surface area (Å²) in [5.41, 5.74) is 2.73. The molecule has 0 aliphatic carbocycles. The number of hydrogen-bond acceptors (Lipinski definition) is 2. The first-order valence-corrected chi connectivity index (χ1v) is 8.20. The molecule has 0 heterocycles. The van der Waals surface area contributed by atoms with Crippen molar-refractivity contribution in [2.45, 2.75) is 20.4 Å². The summed E-state index contributed by atoms with van der Waals surface area (Å²) in [5, 5.41) is 8.72. The molecule has 7 heteroatoms. The van der Waals surface area contributed by atoms with Crippen molar-refractivity contribution in [2.75, 3.05) is 18.4 Å². The molecule has 0 aliphatic heterocycles. The number of amides is 1. The van der Waals surface area contributed by atoms with Crippen molar-refractivity contribution in [2.24, 2.45) is 4.99 Å². The van der Waals surface area contributed by atoms with Gasteiger partial charge in [0.1, 0.15) is 5.82 Å². The van der Waals surface area contributed by atoms with E-state index in [1.165, 1.54) is 17.7 Å². The molecule has 0 aromatic heterocycles. The van der Waals surface area contributed by atoms with Gasteiger partial charge in [0, 0.05) is 12.2 Å². The van der Waals surface area contributed by atoms with Crippen LogP contribution < -0.4 is 16.0 Å². The molecule has 2 aromatic rings. The van der Waals surface area contributed by atoms with Gasteiger partial charge in [-0.3, -0.25) is 4.79 Å². The lowest BCUT2D eigenvalue weighted by Crippen LogP contribution is -2.41. The Morgan fingerprint density at radius 1 is 1.12 bits per heavy atom. The van der Waals surface area contributed by atoms with E-state index in [0.717, 1.165) is 5.56 Å². The van der Waals surface area contributed by atoms with E-state index in [2.05, 4.69) is 20.9 Å². The number of hydrogen-bond donors (Lipinski definition) is 3. The maximum Gasteiger partial charge on any atom is 0.243 e. The smallest absolute Gasteiger partial charge is 0.243 e. The van der Waals surface area contributed by atoms with E-state index in [-0.39, 0.29) is 42.2 Å². The Bertz CT molecular complexity index is 752. The molecule has 2 aromatic carbocycles. The molecule has 0 spiro atoms. The lowest BCUT2D eigenvalue weighted by molar-refractivity contribution is -0.115. The van der Waals surface area contributed by atoms with Gasteiger partial charge in [0.05, 0.1) is 13.1 Å². The van der Waals surface area contributed by atoms with Crippen LogP contribution in [0, 0.1) is 12.7 Å². The molecule has 26 heavy (non-hydrogen) atoms. The molecule has 0 fully saturated rings. The summed E-state index contributed by atoms with van der Waals surface area (Å²) in [6.07, 6.45) is 0. The SMILES string of the molecule is CCNC(=NCc1ccccc1C)NCC(=O)Nc1cccc(F)c1.I. The molecule has 0 bridgehead atoms. The van der Waals surface area contributed by atoms with E-state index >= 15 is 0 Å². The van der Waals surface area contributed by atoms with E-state index in [1.807, 2.05) is 38.1 Å². The van der Waals surface area contributed by atoms with E-state index in [9.17, 15) is 9.18 Å². The summed E-state index contributed by atoms with van der Waals surface area (Å²) in [7, 11) is 0. The second kappa shape index (κ2) is 11.5. The lowest BCUT2D eigenvalue weighted by atomic mass is 10.1. The summed E-state index contributed by atoms with van der Waals surface area (Å²) in [6.45, 7) is 5.24. The fourth-order valence-corrected chi connectivity index (χ4v) is 2.23. The van der Waals surface area contributed by atoms with Crippen LogP contribution in [0.15, 0.2) is 53.5 Å². The highest BCUT2D eigenvalue weighted by atomic mass is 127. The maximum absolute atomic E-state index is 13.1. The van der Waals surface area contributed by atoms with E-state index in [1.54, 1.807) is 12.1 Å². The van der Waals surface area contributed by atoms with Crippen LogP contribution in [0.5, 0.6) is 0 Å². The molecule has 140 valence electrons. The van der Waals surface area contributed by atoms with Crippen molar-refractivity contribution in [3.8, 4) is 0 Å². The number of aliphatic imine (C=N–C) groups is 1. The zero-order chi connectivity index (χ0) is 18.1. The summed E-state index contributed by atoms with van der Waals surface area (Å²) < 4.78 is 13.1. The number of rotatable bonds is 6. The van der Waals surface area contributed by atoms with Crippen LogP contribution in [0.3, 0.4) is 0 Å². The third-order valence-electron chi connectivity index (χ3n) is 3.54. The Morgan fingerprint density at radius 2 is 1.88 bits per heavy atom. The molecule has 0 saturated carbocycles. The standard InChI is InChI=1S/C19H23FN4O.HI/c1-3-21-19(22-12-15-8-5-4-7-14(15)2)23-13-18(25)24-17-10-6-9-16(20)11-17;/h4-11H,3,12-13H2,1-2H3,(H,24,25)(H2,21,22,23);1H. The van der Waals surface area contributed by atoms with Crippen LogP contribution in [0.25, 0.3) is 0 Å². The second-order valence-electron chi connectivity index (χ2n) is 5.53. The first-order valence-electron chi connectivity index (χ1n) is 8.20. The number of benzene rings is 2.